The van der Waals surface area contributed by atoms with Gasteiger partial charge in [-0.2, -0.15) is 0 Å². The number of likely N-dealkylation sites (tertiary alicyclic amines) is 1. The van der Waals surface area contributed by atoms with E-state index in [0.717, 1.165) is 49.5 Å². The van der Waals surface area contributed by atoms with Crippen LogP contribution >= 0.6 is 22.9 Å². The molecule has 1 fully saturated rings. The number of nitrogens with two attached hydrogens (primary N) is 1. The van der Waals surface area contributed by atoms with Crippen LogP contribution in [0.15, 0.2) is 28.8 Å². The fraction of sp³-hybridized carbons (Fsp3) is 0.375. The molecule has 1 saturated heterocycles. The topological polar surface area (TPSA) is 68.2 Å². The van der Waals surface area contributed by atoms with Gasteiger partial charge in [0, 0.05) is 28.6 Å². The molecule has 3 aromatic rings. The third-order valence-corrected chi connectivity index (χ3v) is 5.30. The van der Waals surface area contributed by atoms with Gasteiger partial charge >= 0.3 is 0 Å². The number of nitrogen functional groups attached to an aromatic ring is 1. The van der Waals surface area contributed by atoms with Gasteiger partial charge in [0.25, 0.3) is 0 Å². The number of hydrogen-bond donors (Lipinski definition) is 1. The molecule has 0 amide bonds. The molecular formula is C16H17ClN4OS. The molecule has 0 aliphatic carbocycles. The van der Waals surface area contributed by atoms with E-state index in [4.69, 9.17) is 21.8 Å². The summed E-state index contributed by atoms with van der Waals surface area (Å²) in [6.45, 7) is 2.98. The average Bonchev–Trinajstić information content (AvgIpc) is 3.14. The molecule has 5 nitrogen and oxygen atoms in total. The predicted octanol–water partition coefficient (Wildman–Crippen LogP) is 3.90. The molecule has 120 valence electrons. The van der Waals surface area contributed by atoms with E-state index >= 15 is 0 Å². The van der Waals surface area contributed by atoms with Crippen LogP contribution < -0.4 is 5.73 Å². The number of aromatic nitrogens is 2. The van der Waals surface area contributed by atoms with Gasteiger partial charge in [0.2, 0.25) is 0 Å². The lowest BCUT2D eigenvalue weighted by molar-refractivity contribution is 0.195. The minimum atomic E-state index is 0.379. The van der Waals surface area contributed by atoms with Crippen molar-refractivity contribution in [1.29, 1.82) is 0 Å². The molecule has 4 rings (SSSR count). The van der Waals surface area contributed by atoms with E-state index in [9.17, 15) is 0 Å². The highest BCUT2D eigenvalue weighted by Crippen LogP contribution is 2.31. The molecule has 0 unspecified atom stereocenters. The summed E-state index contributed by atoms with van der Waals surface area (Å²) in [6, 6.07) is 5.58. The lowest BCUT2D eigenvalue weighted by Gasteiger charge is -2.29. The fourth-order valence-electron chi connectivity index (χ4n) is 3.05. The van der Waals surface area contributed by atoms with Gasteiger partial charge in [-0.25, -0.2) is 9.97 Å². The number of oxazole rings is 1. The van der Waals surface area contributed by atoms with E-state index in [2.05, 4.69) is 14.9 Å². The SMILES string of the molecule is Nc1ncc(CN2CCC(c3nc4cc(Cl)ccc4o3)CC2)s1. The standard InChI is InChI=1S/C16H17ClN4OS/c17-11-1-2-14-13(7-11)20-15(22-14)10-3-5-21(6-4-10)9-12-8-19-16(18)23-12/h1-2,7-8,10H,3-6,9H2,(H2,18,19). The summed E-state index contributed by atoms with van der Waals surface area (Å²) >= 11 is 7.57. The van der Waals surface area contributed by atoms with Crippen LogP contribution in [0.2, 0.25) is 5.02 Å². The number of anilines is 1. The zero-order valence-corrected chi connectivity index (χ0v) is 14.1. The summed E-state index contributed by atoms with van der Waals surface area (Å²) in [5.41, 5.74) is 7.34. The average molecular weight is 349 g/mol. The van der Waals surface area contributed by atoms with Crippen molar-refractivity contribution < 1.29 is 4.42 Å². The zero-order chi connectivity index (χ0) is 15.8. The molecule has 2 N–H and O–H groups in total. The van der Waals surface area contributed by atoms with Gasteiger partial charge in [-0.3, -0.25) is 4.90 Å². The van der Waals surface area contributed by atoms with Crippen molar-refractivity contribution >= 4 is 39.2 Å². The number of nitrogens with zero attached hydrogens (tertiary/aromatic N) is 3. The highest BCUT2D eigenvalue weighted by atomic mass is 35.5. The Morgan fingerprint density at radius 2 is 2.17 bits per heavy atom. The number of fused-ring (bicyclic) bond motifs is 1. The summed E-state index contributed by atoms with van der Waals surface area (Å²) in [7, 11) is 0. The van der Waals surface area contributed by atoms with Crippen LogP contribution in [0.5, 0.6) is 0 Å². The lowest BCUT2D eigenvalue weighted by Crippen LogP contribution is -2.32. The van der Waals surface area contributed by atoms with Crippen LogP contribution in [-0.2, 0) is 6.54 Å². The summed E-state index contributed by atoms with van der Waals surface area (Å²) in [4.78, 5) is 12.4. The van der Waals surface area contributed by atoms with Crippen molar-refractivity contribution in [1.82, 2.24) is 14.9 Å². The molecule has 0 bridgehead atoms. The number of hydrogen-bond acceptors (Lipinski definition) is 6. The second kappa shape index (κ2) is 6.11. The van der Waals surface area contributed by atoms with Crippen LogP contribution in [-0.4, -0.2) is 28.0 Å². The van der Waals surface area contributed by atoms with Gasteiger partial charge in [0.1, 0.15) is 5.52 Å². The third-order valence-electron chi connectivity index (χ3n) is 4.25. The van der Waals surface area contributed by atoms with E-state index < -0.39 is 0 Å². The van der Waals surface area contributed by atoms with Gasteiger partial charge in [-0.05, 0) is 44.1 Å². The Hall–Kier alpha value is -1.63. The first-order chi connectivity index (χ1) is 11.2. The van der Waals surface area contributed by atoms with E-state index in [0.29, 0.717) is 16.1 Å². The summed E-state index contributed by atoms with van der Waals surface area (Å²) in [5.74, 6) is 1.22. The van der Waals surface area contributed by atoms with E-state index in [1.54, 1.807) is 11.3 Å². The first-order valence-electron chi connectivity index (χ1n) is 7.66. The van der Waals surface area contributed by atoms with Crippen LogP contribution in [0.25, 0.3) is 11.1 Å². The number of thiazole rings is 1. The van der Waals surface area contributed by atoms with Crippen molar-refractivity contribution in [2.24, 2.45) is 0 Å². The summed E-state index contributed by atoms with van der Waals surface area (Å²) in [5, 5.41) is 1.33. The Labute approximate surface area is 143 Å². The first-order valence-corrected chi connectivity index (χ1v) is 8.85. The minimum Gasteiger partial charge on any atom is -0.440 e. The highest BCUT2D eigenvalue weighted by Gasteiger charge is 2.25. The van der Waals surface area contributed by atoms with Crippen molar-refractivity contribution in [2.75, 3.05) is 18.8 Å². The van der Waals surface area contributed by atoms with Crippen molar-refractivity contribution in [3.05, 3.63) is 40.2 Å². The maximum absolute atomic E-state index is 6.01. The zero-order valence-electron chi connectivity index (χ0n) is 12.5. The van der Waals surface area contributed by atoms with Crippen molar-refractivity contribution in [2.45, 2.75) is 25.3 Å². The molecule has 3 heterocycles. The third kappa shape index (κ3) is 3.20. The summed E-state index contributed by atoms with van der Waals surface area (Å²) < 4.78 is 5.91. The first kappa shape index (κ1) is 14.9. The molecule has 2 aromatic heterocycles. The minimum absolute atomic E-state index is 0.379. The second-order valence-corrected chi connectivity index (χ2v) is 7.46. The van der Waals surface area contributed by atoms with Gasteiger partial charge in [0.15, 0.2) is 16.6 Å². The fourth-order valence-corrected chi connectivity index (χ4v) is 3.94. The maximum Gasteiger partial charge on any atom is 0.198 e. The van der Waals surface area contributed by atoms with Crippen molar-refractivity contribution in [3.8, 4) is 0 Å². The van der Waals surface area contributed by atoms with E-state index in [1.165, 1.54) is 4.88 Å². The quantitative estimate of drug-likeness (QED) is 0.777. The molecule has 1 aromatic carbocycles. The maximum atomic E-state index is 6.01. The molecular weight excluding hydrogens is 332 g/mol. The van der Waals surface area contributed by atoms with Gasteiger partial charge in [0.05, 0.1) is 0 Å². The van der Waals surface area contributed by atoms with Gasteiger partial charge in [-0.1, -0.05) is 11.6 Å². The monoisotopic (exact) mass is 348 g/mol. The molecule has 0 radical (unpaired) electrons. The number of rotatable bonds is 3. The highest BCUT2D eigenvalue weighted by molar-refractivity contribution is 7.15. The number of piperidine rings is 1. The van der Waals surface area contributed by atoms with Crippen LogP contribution in [0.3, 0.4) is 0 Å². The van der Waals surface area contributed by atoms with Crippen molar-refractivity contribution in [3.63, 3.8) is 0 Å². The molecule has 1 aliphatic heterocycles. The number of halogens is 1. The van der Waals surface area contributed by atoms with E-state index in [-0.39, 0.29) is 0 Å². The predicted molar refractivity (Wildman–Crippen MR) is 92.8 cm³/mol. The Morgan fingerprint density at radius 1 is 1.35 bits per heavy atom. The van der Waals surface area contributed by atoms with Crippen LogP contribution in [0, 0.1) is 0 Å². The Bertz CT molecular complexity index is 822. The summed E-state index contributed by atoms with van der Waals surface area (Å²) in [6.07, 6.45) is 3.97. The van der Waals surface area contributed by atoms with Gasteiger partial charge in [-0.15, -0.1) is 11.3 Å². The Kier molecular flexibility index (Phi) is 3.97. The van der Waals surface area contributed by atoms with Gasteiger partial charge < -0.3 is 10.2 Å². The number of benzene rings is 1. The molecule has 0 atom stereocenters. The lowest BCUT2D eigenvalue weighted by atomic mass is 9.97. The smallest absolute Gasteiger partial charge is 0.198 e. The molecule has 7 heteroatoms. The van der Waals surface area contributed by atoms with Crippen LogP contribution in [0.1, 0.15) is 29.5 Å². The Morgan fingerprint density at radius 3 is 2.91 bits per heavy atom. The Balaban J connectivity index is 1.42. The largest absolute Gasteiger partial charge is 0.440 e. The van der Waals surface area contributed by atoms with Crippen LogP contribution in [0.4, 0.5) is 5.13 Å². The normalized spacial score (nSPS) is 17.1. The van der Waals surface area contributed by atoms with E-state index in [1.807, 2.05) is 24.4 Å². The molecule has 23 heavy (non-hydrogen) atoms. The molecule has 0 saturated carbocycles. The molecule has 1 aliphatic rings. The molecule has 0 spiro atoms. The second-order valence-electron chi connectivity index (χ2n) is 5.88.